The van der Waals surface area contributed by atoms with E-state index in [0.29, 0.717) is 0 Å². The van der Waals surface area contributed by atoms with E-state index < -0.39 is 15.2 Å². The molecule has 0 radical (unpaired) electrons. The highest BCUT2D eigenvalue weighted by Gasteiger charge is 2.16. The minimum atomic E-state index is -3.24. The molecule has 0 bridgehead atoms. The summed E-state index contributed by atoms with van der Waals surface area (Å²) in [6.45, 7) is 0. The lowest BCUT2D eigenvalue weighted by Gasteiger charge is -2.13. The second-order valence-corrected chi connectivity index (χ2v) is 8.60. The first kappa shape index (κ1) is 16.0. The minimum Gasteiger partial charge on any atom is -0.224 e. The smallest absolute Gasteiger partial charge is 0.175 e. The van der Waals surface area contributed by atoms with Gasteiger partial charge in [-0.05, 0) is 41.5 Å². The summed E-state index contributed by atoms with van der Waals surface area (Å²) < 4.78 is 25.0. The first-order valence-electron chi connectivity index (χ1n) is 5.68. The SMILES string of the molecule is CS(=O)(=O)c1cccc(C(Cl)c2cc(Br)ccc2Br)c1. The Morgan fingerprint density at radius 3 is 2.45 bits per heavy atom. The van der Waals surface area contributed by atoms with Crippen LogP contribution in [0.5, 0.6) is 0 Å². The van der Waals surface area contributed by atoms with Crippen molar-refractivity contribution in [2.75, 3.05) is 6.26 Å². The fourth-order valence-corrected chi connectivity index (χ4v) is 3.77. The summed E-state index contributed by atoms with van der Waals surface area (Å²) in [5.74, 6) is 0. The second-order valence-electron chi connectivity index (χ2n) is 4.37. The predicted molar refractivity (Wildman–Crippen MR) is 89.1 cm³/mol. The fraction of sp³-hybridized carbons (Fsp3) is 0.143. The number of hydrogen-bond acceptors (Lipinski definition) is 2. The van der Waals surface area contributed by atoms with Gasteiger partial charge in [0, 0.05) is 15.2 Å². The Balaban J connectivity index is 2.48. The zero-order chi connectivity index (χ0) is 14.9. The third-order valence-electron chi connectivity index (χ3n) is 2.81. The molecule has 0 aliphatic heterocycles. The van der Waals surface area contributed by atoms with Crippen LogP contribution in [0.3, 0.4) is 0 Å². The van der Waals surface area contributed by atoms with Gasteiger partial charge in [-0.15, -0.1) is 11.6 Å². The van der Waals surface area contributed by atoms with Crippen molar-refractivity contribution >= 4 is 53.3 Å². The average molecular weight is 439 g/mol. The molecule has 0 N–H and O–H groups in total. The summed E-state index contributed by atoms with van der Waals surface area (Å²) in [5.41, 5.74) is 1.63. The molecule has 0 saturated carbocycles. The Morgan fingerprint density at radius 2 is 1.80 bits per heavy atom. The van der Waals surface area contributed by atoms with Gasteiger partial charge in [0.1, 0.15) is 0 Å². The lowest BCUT2D eigenvalue weighted by molar-refractivity contribution is 0.601. The van der Waals surface area contributed by atoms with Crippen LogP contribution in [0.1, 0.15) is 16.5 Å². The zero-order valence-electron chi connectivity index (χ0n) is 10.5. The molecule has 0 aliphatic carbocycles. The van der Waals surface area contributed by atoms with E-state index in [2.05, 4.69) is 31.9 Å². The van der Waals surface area contributed by atoms with E-state index in [0.717, 1.165) is 20.1 Å². The van der Waals surface area contributed by atoms with Crippen LogP contribution in [0.25, 0.3) is 0 Å². The van der Waals surface area contributed by atoms with Gasteiger partial charge in [-0.1, -0.05) is 44.0 Å². The van der Waals surface area contributed by atoms with Crippen molar-refractivity contribution < 1.29 is 8.42 Å². The maximum absolute atomic E-state index is 11.6. The highest BCUT2D eigenvalue weighted by Crippen LogP contribution is 2.36. The molecule has 2 aromatic carbocycles. The van der Waals surface area contributed by atoms with Gasteiger partial charge in [-0.2, -0.15) is 0 Å². The number of halogens is 3. The molecule has 0 fully saturated rings. The summed E-state index contributed by atoms with van der Waals surface area (Å²) in [6.07, 6.45) is 1.18. The Labute approximate surface area is 140 Å². The number of rotatable bonds is 3. The third kappa shape index (κ3) is 3.64. The molecule has 0 aliphatic rings. The summed E-state index contributed by atoms with van der Waals surface area (Å²) in [4.78, 5) is 0.270. The van der Waals surface area contributed by atoms with Crippen LogP contribution in [0.2, 0.25) is 0 Å². The molecular weight excluding hydrogens is 427 g/mol. The fourth-order valence-electron chi connectivity index (χ4n) is 1.79. The maximum atomic E-state index is 11.6. The summed E-state index contributed by atoms with van der Waals surface area (Å²) in [5, 5.41) is -0.427. The predicted octanol–water partition coefficient (Wildman–Crippen LogP) is 4.94. The third-order valence-corrected chi connectivity index (χ3v) is 5.62. The molecule has 0 aromatic heterocycles. The van der Waals surface area contributed by atoms with Gasteiger partial charge in [0.2, 0.25) is 0 Å². The van der Waals surface area contributed by atoms with E-state index in [-0.39, 0.29) is 4.90 Å². The van der Waals surface area contributed by atoms with E-state index in [1.54, 1.807) is 18.2 Å². The van der Waals surface area contributed by atoms with E-state index in [9.17, 15) is 8.42 Å². The number of hydrogen-bond donors (Lipinski definition) is 0. The van der Waals surface area contributed by atoms with Crippen molar-refractivity contribution in [3.8, 4) is 0 Å². The molecule has 1 unspecified atom stereocenters. The van der Waals surface area contributed by atoms with Crippen molar-refractivity contribution in [2.24, 2.45) is 0 Å². The van der Waals surface area contributed by atoms with Crippen LogP contribution in [-0.2, 0) is 9.84 Å². The Bertz CT molecular complexity index is 745. The molecule has 20 heavy (non-hydrogen) atoms. The van der Waals surface area contributed by atoms with Crippen molar-refractivity contribution in [2.45, 2.75) is 10.3 Å². The van der Waals surface area contributed by atoms with Gasteiger partial charge < -0.3 is 0 Å². The van der Waals surface area contributed by atoms with Crippen molar-refractivity contribution in [1.29, 1.82) is 0 Å². The van der Waals surface area contributed by atoms with Crippen LogP contribution in [0, 0.1) is 0 Å². The Kier molecular flexibility index (Phi) is 4.95. The van der Waals surface area contributed by atoms with Crippen LogP contribution in [-0.4, -0.2) is 14.7 Å². The van der Waals surface area contributed by atoms with Crippen molar-refractivity contribution in [1.82, 2.24) is 0 Å². The molecule has 2 nitrogen and oxygen atoms in total. The standard InChI is InChI=1S/C14H11Br2ClO2S/c1-20(18,19)11-4-2-3-9(7-11)14(17)12-8-10(15)5-6-13(12)16/h2-8,14H,1H3. The topological polar surface area (TPSA) is 34.1 Å². The molecule has 106 valence electrons. The van der Waals surface area contributed by atoms with Crippen LogP contribution >= 0.6 is 43.5 Å². The molecule has 0 heterocycles. The first-order chi connectivity index (χ1) is 9.29. The number of benzene rings is 2. The molecular formula is C14H11Br2ClO2S. The monoisotopic (exact) mass is 436 g/mol. The first-order valence-corrected chi connectivity index (χ1v) is 9.59. The normalized spacial score (nSPS) is 13.2. The largest absolute Gasteiger partial charge is 0.224 e. The maximum Gasteiger partial charge on any atom is 0.175 e. The summed E-state index contributed by atoms with van der Waals surface area (Å²) >= 11 is 13.4. The summed E-state index contributed by atoms with van der Waals surface area (Å²) in [7, 11) is -3.24. The number of alkyl halides is 1. The van der Waals surface area contributed by atoms with Gasteiger partial charge in [-0.25, -0.2) is 8.42 Å². The number of sulfone groups is 1. The zero-order valence-corrected chi connectivity index (χ0v) is 15.2. The van der Waals surface area contributed by atoms with Crippen LogP contribution in [0.15, 0.2) is 56.3 Å². The van der Waals surface area contributed by atoms with Gasteiger partial charge in [0.25, 0.3) is 0 Å². The molecule has 2 aromatic rings. The van der Waals surface area contributed by atoms with E-state index in [1.165, 1.54) is 6.26 Å². The lowest BCUT2D eigenvalue weighted by atomic mass is 10.0. The van der Waals surface area contributed by atoms with Crippen molar-refractivity contribution in [3.63, 3.8) is 0 Å². The van der Waals surface area contributed by atoms with E-state index >= 15 is 0 Å². The quantitative estimate of drug-likeness (QED) is 0.636. The molecule has 1 atom stereocenters. The molecule has 6 heteroatoms. The molecule has 2 rings (SSSR count). The van der Waals surface area contributed by atoms with Crippen LogP contribution < -0.4 is 0 Å². The molecule has 0 amide bonds. The Hall–Kier alpha value is -0.360. The van der Waals surface area contributed by atoms with Crippen molar-refractivity contribution in [3.05, 3.63) is 62.5 Å². The minimum absolute atomic E-state index is 0.270. The highest BCUT2D eigenvalue weighted by molar-refractivity contribution is 9.11. The van der Waals surface area contributed by atoms with Gasteiger partial charge in [0.15, 0.2) is 9.84 Å². The van der Waals surface area contributed by atoms with Gasteiger partial charge >= 0.3 is 0 Å². The second kappa shape index (κ2) is 6.18. The average Bonchev–Trinajstić information content (AvgIpc) is 2.40. The van der Waals surface area contributed by atoms with E-state index in [1.807, 2.05) is 24.3 Å². The van der Waals surface area contributed by atoms with Crippen LogP contribution in [0.4, 0.5) is 0 Å². The van der Waals surface area contributed by atoms with Gasteiger partial charge in [-0.3, -0.25) is 0 Å². The molecule has 0 spiro atoms. The van der Waals surface area contributed by atoms with E-state index in [4.69, 9.17) is 11.6 Å². The molecule has 0 saturated heterocycles. The summed E-state index contributed by atoms with van der Waals surface area (Å²) in [6, 6.07) is 12.4. The van der Waals surface area contributed by atoms with Gasteiger partial charge in [0.05, 0.1) is 10.3 Å². The highest BCUT2D eigenvalue weighted by atomic mass is 79.9. The lowest BCUT2D eigenvalue weighted by Crippen LogP contribution is -2.00. The Morgan fingerprint density at radius 1 is 1.10 bits per heavy atom.